The van der Waals surface area contributed by atoms with E-state index in [1.165, 1.54) is 16.9 Å². The Bertz CT molecular complexity index is 1200. The summed E-state index contributed by atoms with van der Waals surface area (Å²) < 4.78 is 1.78. The van der Waals surface area contributed by atoms with Gasteiger partial charge in [0.25, 0.3) is 0 Å². The van der Waals surface area contributed by atoms with Gasteiger partial charge in [-0.2, -0.15) is 4.98 Å². The molecule has 7 nitrogen and oxygen atoms in total. The predicted octanol–water partition coefficient (Wildman–Crippen LogP) is 3.72. The summed E-state index contributed by atoms with van der Waals surface area (Å²) in [5.74, 6) is -0.764. The molecule has 2 aromatic heterocycles. The van der Waals surface area contributed by atoms with Gasteiger partial charge in [-0.25, -0.2) is 4.52 Å². The number of nitrogens with zero attached hydrogens (tertiary/aromatic N) is 3. The number of halogens is 1. The summed E-state index contributed by atoms with van der Waals surface area (Å²) in [6, 6.07) is 14.6. The highest BCUT2D eigenvalue weighted by atomic mass is 35.5. The monoisotopic (exact) mass is 439 g/mol. The van der Waals surface area contributed by atoms with E-state index in [9.17, 15) is 9.59 Å². The predicted molar refractivity (Wildman–Crippen MR) is 118 cm³/mol. The number of aryl methyl sites for hydroxylation is 1. The molecule has 4 rings (SSSR count). The van der Waals surface area contributed by atoms with Crippen molar-refractivity contribution in [2.24, 2.45) is 0 Å². The van der Waals surface area contributed by atoms with Crippen LogP contribution in [0.15, 0.2) is 53.9 Å². The molecule has 0 spiro atoms. The fourth-order valence-electron chi connectivity index (χ4n) is 2.83. The number of carbonyl (C=O) groups excluding carboxylic acids is 2. The van der Waals surface area contributed by atoms with Crippen LogP contribution in [0.25, 0.3) is 16.3 Å². The van der Waals surface area contributed by atoms with Crippen molar-refractivity contribution in [3.8, 4) is 11.4 Å². The van der Waals surface area contributed by atoms with Gasteiger partial charge in [-0.1, -0.05) is 41.4 Å². The van der Waals surface area contributed by atoms with Crippen molar-refractivity contribution in [1.29, 1.82) is 0 Å². The number of hydrogen-bond acceptors (Lipinski definition) is 5. The molecule has 152 valence electrons. The van der Waals surface area contributed by atoms with Crippen LogP contribution in [0, 0.1) is 6.92 Å². The standard InChI is InChI=1S/C21H18ClN5O2S/c1-13-2-4-14(5-3-13)18-25-21-27(26-18)17(12-30-21)10-11-23-19(28)20(29)24-16-8-6-15(22)7-9-16/h2-9,12H,10-11H2,1H3,(H,23,28)(H,24,29). The van der Waals surface area contributed by atoms with Gasteiger partial charge in [0.1, 0.15) is 0 Å². The minimum absolute atomic E-state index is 0.304. The molecule has 0 saturated heterocycles. The Hall–Kier alpha value is -3.23. The van der Waals surface area contributed by atoms with Crippen LogP contribution < -0.4 is 10.6 Å². The lowest BCUT2D eigenvalue weighted by Gasteiger charge is -2.06. The van der Waals surface area contributed by atoms with Crippen LogP contribution >= 0.6 is 22.9 Å². The van der Waals surface area contributed by atoms with Crippen molar-refractivity contribution in [2.75, 3.05) is 11.9 Å². The Morgan fingerprint density at radius 3 is 2.53 bits per heavy atom. The van der Waals surface area contributed by atoms with Crippen LogP contribution in [-0.4, -0.2) is 33.0 Å². The molecule has 2 amide bonds. The number of rotatable bonds is 5. The van der Waals surface area contributed by atoms with Gasteiger partial charge in [0.2, 0.25) is 4.96 Å². The number of benzene rings is 2. The van der Waals surface area contributed by atoms with Gasteiger partial charge in [-0.05, 0) is 31.2 Å². The van der Waals surface area contributed by atoms with Gasteiger partial charge in [0.15, 0.2) is 5.82 Å². The number of carbonyl (C=O) groups is 2. The maximum atomic E-state index is 12.0. The average Bonchev–Trinajstić information content (AvgIpc) is 3.32. The number of nitrogens with one attached hydrogen (secondary N) is 2. The maximum absolute atomic E-state index is 12.0. The van der Waals surface area contributed by atoms with Gasteiger partial charge in [0.05, 0.1) is 5.69 Å². The van der Waals surface area contributed by atoms with Crippen LogP contribution in [0.2, 0.25) is 5.02 Å². The van der Waals surface area contributed by atoms with Crippen molar-refractivity contribution in [3.05, 3.63) is 70.2 Å². The maximum Gasteiger partial charge on any atom is 0.313 e. The first kappa shape index (κ1) is 20.1. The first-order chi connectivity index (χ1) is 14.5. The minimum atomic E-state index is -0.727. The summed E-state index contributed by atoms with van der Waals surface area (Å²) in [4.78, 5) is 29.4. The normalized spacial score (nSPS) is 10.9. The van der Waals surface area contributed by atoms with E-state index in [-0.39, 0.29) is 0 Å². The third kappa shape index (κ3) is 4.50. The Labute approximate surface area is 181 Å². The van der Waals surface area contributed by atoms with Crippen LogP contribution in [0.3, 0.4) is 0 Å². The summed E-state index contributed by atoms with van der Waals surface area (Å²) in [5, 5.41) is 12.2. The first-order valence-corrected chi connectivity index (χ1v) is 10.5. The summed E-state index contributed by atoms with van der Waals surface area (Å²) in [7, 11) is 0. The fourth-order valence-corrected chi connectivity index (χ4v) is 3.81. The van der Waals surface area contributed by atoms with Crippen molar-refractivity contribution in [1.82, 2.24) is 19.9 Å². The van der Waals surface area contributed by atoms with Crippen molar-refractivity contribution < 1.29 is 9.59 Å². The second-order valence-corrected chi connectivity index (χ2v) is 7.96. The molecule has 0 saturated carbocycles. The zero-order valence-corrected chi connectivity index (χ0v) is 17.6. The molecule has 0 aliphatic heterocycles. The van der Waals surface area contributed by atoms with Crippen LogP contribution in [0.1, 0.15) is 11.3 Å². The summed E-state index contributed by atoms with van der Waals surface area (Å²) in [5.41, 5.74) is 3.55. The molecule has 0 unspecified atom stereocenters. The largest absolute Gasteiger partial charge is 0.347 e. The highest BCUT2D eigenvalue weighted by Gasteiger charge is 2.15. The lowest BCUT2D eigenvalue weighted by Crippen LogP contribution is -2.36. The number of hydrogen-bond donors (Lipinski definition) is 2. The van der Waals surface area contributed by atoms with Crippen molar-refractivity contribution in [2.45, 2.75) is 13.3 Å². The number of aromatic nitrogens is 3. The van der Waals surface area contributed by atoms with E-state index in [0.717, 1.165) is 16.2 Å². The summed E-state index contributed by atoms with van der Waals surface area (Å²) in [6.07, 6.45) is 0.524. The SMILES string of the molecule is Cc1ccc(-c2nc3scc(CCNC(=O)C(=O)Nc4ccc(Cl)cc4)n3n2)cc1. The molecule has 0 aliphatic rings. The Morgan fingerprint density at radius 1 is 1.07 bits per heavy atom. The van der Waals surface area contributed by atoms with Crippen molar-refractivity contribution in [3.63, 3.8) is 0 Å². The lowest BCUT2D eigenvalue weighted by atomic mass is 10.1. The summed E-state index contributed by atoms with van der Waals surface area (Å²) >= 11 is 7.30. The zero-order valence-electron chi connectivity index (χ0n) is 16.1. The summed E-state index contributed by atoms with van der Waals surface area (Å²) in [6.45, 7) is 2.34. The molecule has 0 aliphatic carbocycles. The Balaban J connectivity index is 1.35. The molecule has 0 fully saturated rings. The van der Waals surface area contributed by atoms with Crippen LogP contribution in [0.4, 0.5) is 5.69 Å². The Morgan fingerprint density at radius 2 is 1.80 bits per heavy atom. The van der Waals surface area contributed by atoms with E-state index in [1.54, 1.807) is 28.8 Å². The molecule has 0 bridgehead atoms. The number of thiazole rings is 1. The molecular weight excluding hydrogens is 422 g/mol. The third-order valence-corrected chi connectivity index (χ3v) is 5.55. The van der Waals surface area contributed by atoms with Crippen LogP contribution in [0.5, 0.6) is 0 Å². The van der Waals surface area contributed by atoms with E-state index in [0.29, 0.717) is 29.5 Å². The van der Waals surface area contributed by atoms with Gasteiger partial charge < -0.3 is 10.6 Å². The van der Waals surface area contributed by atoms with Gasteiger partial charge in [-0.15, -0.1) is 16.4 Å². The van der Waals surface area contributed by atoms with Crippen molar-refractivity contribution >= 4 is 45.4 Å². The molecular formula is C21H18ClN5O2S. The quantitative estimate of drug-likeness (QED) is 0.464. The van der Waals surface area contributed by atoms with E-state index < -0.39 is 11.8 Å². The number of amides is 2. The van der Waals surface area contributed by atoms with Gasteiger partial charge >= 0.3 is 11.8 Å². The van der Waals surface area contributed by atoms with Gasteiger partial charge in [0, 0.05) is 34.6 Å². The van der Waals surface area contributed by atoms with Gasteiger partial charge in [-0.3, -0.25) is 9.59 Å². The second kappa shape index (κ2) is 8.64. The van der Waals surface area contributed by atoms with E-state index in [4.69, 9.17) is 11.6 Å². The van der Waals surface area contributed by atoms with E-state index in [2.05, 4.69) is 20.7 Å². The number of fused-ring (bicyclic) bond motifs is 1. The molecule has 9 heteroatoms. The Kier molecular flexibility index (Phi) is 5.78. The highest BCUT2D eigenvalue weighted by molar-refractivity contribution is 7.15. The topological polar surface area (TPSA) is 88.4 Å². The fraction of sp³-hybridized carbons (Fsp3) is 0.143. The molecule has 0 radical (unpaired) electrons. The zero-order chi connectivity index (χ0) is 21.1. The third-order valence-electron chi connectivity index (χ3n) is 4.43. The molecule has 4 aromatic rings. The molecule has 2 heterocycles. The lowest BCUT2D eigenvalue weighted by molar-refractivity contribution is -0.136. The smallest absolute Gasteiger partial charge is 0.313 e. The molecule has 2 aromatic carbocycles. The molecule has 0 atom stereocenters. The highest BCUT2D eigenvalue weighted by Crippen LogP contribution is 2.21. The first-order valence-electron chi connectivity index (χ1n) is 9.24. The molecule has 2 N–H and O–H groups in total. The average molecular weight is 440 g/mol. The van der Waals surface area contributed by atoms with E-state index >= 15 is 0 Å². The van der Waals surface area contributed by atoms with E-state index in [1.807, 2.05) is 36.6 Å². The molecule has 30 heavy (non-hydrogen) atoms. The minimum Gasteiger partial charge on any atom is -0.347 e. The number of anilines is 1. The van der Waals surface area contributed by atoms with Crippen LogP contribution in [-0.2, 0) is 16.0 Å². The second-order valence-electron chi connectivity index (χ2n) is 6.69.